The van der Waals surface area contributed by atoms with Crippen LogP contribution in [-0.4, -0.2) is 35.9 Å². The molecule has 0 unspecified atom stereocenters. The summed E-state index contributed by atoms with van der Waals surface area (Å²) < 4.78 is 5.25. The maximum atomic E-state index is 13.2. The fourth-order valence-corrected chi connectivity index (χ4v) is 4.49. The van der Waals surface area contributed by atoms with Crippen molar-refractivity contribution in [3.05, 3.63) is 65.7 Å². The van der Waals surface area contributed by atoms with Gasteiger partial charge in [-0.05, 0) is 61.3 Å². The smallest absolute Gasteiger partial charge is 0.222 e. The van der Waals surface area contributed by atoms with Gasteiger partial charge in [-0.3, -0.25) is 9.59 Å². The highest BCUT2D eigenvalue weighted by Crippen LogP contribution is 2.32. The molecule has 2 fully saturated rings. The third-order valence-electron chi connectivity index (χ3n) is 6.50. The van der Waals surface area contributed by atoms with Crippen LogP contribution in [0.4, 0.5) is 0 Å². The number of hydrogen-bond donors (Lipinski definition) is 1. The van der Waals surface area contributed by atoms with Gasteiger partial charge < -0.3 is 15.0 Å². The molecule has 1 heterocycles. The maximum Gasteiger partial charge on any atom is 0.222 e. The topological polar surface area (TPSA) is 58.6 Å². The summed E-state index contributed by atoms with van der Waals surface area (Å²) in [6.07, 6.45) is 5.59. The number of carbonyl (C=O) groups is 2. The third kappa shape index (κ3) is 5.87. The van der Waals surface area contributed by atoms with Gasteiger partial charge in [-0.25, -0.2) is 0 Å². The Labute approximate surface area is 184 Å². The largest absolute Gasteiger partial charge is 0.497 e. The number of rotatable bonds is 10. The predicted molar refractivity (Wildman–Crippen MR) is 121 cm³/mol. The standard InChI is InChI=1S/C26H32N2O3/c1-31-23-11-9-20(10-12-23)17-26(15-13-24(29)27-26)16-14-25(30)28(19-22-7-8-22)18-21-5-3-2-4-6-21/h2-6,9-12,22H,7-8,13-19H2,1H3,(H,27,29)/t26-/m1/s1. The van der Waals surface area contributed by atoms with Crippen LogP contribution in [0.2, 0.25) is 0 Å². The van der Waals surface area contributed by atoms with Gasteiger partial charge in [0.05, 0.1) is 7.11 Å². The molecule has 0 spiro atoms. The van der Waals surface area contributed by atoms with Crippen LogP contribution >= 0.6 is 0 Å². The molecule has 0 aromatic heterocycles. The summed E-state index contributed by atoms with van der Waals surface area (Å²) >= 11 is 0. The number of nitrogens with one attached hydrogen (secondary N) is 1. The van der Waals surface area contributed by atoms with Crippen LogP contribution in [0.5, 0.6) is 5.75 Å². The first kappa shape index (κ1) is 21.4. The van der Waals surface area contributed by atoms with E-state index >= 15 is 0 Å². The van der Waals surface area contributed by atoms with Crippen molar-refractivity contribution >= 4 is 11.8 Å². The number of methoxy groups -OCH3 is 1. The van der Waals surface area contributed by atoms with Crippen molar-refractivity contribution in [2.75, 3.05) is 13.7 Å². The van der Waals surface area contributed by atoms with Crippen molar-refractivity contribution in [2.45, 2.75) is 57.0 Å². The summed E-state index contributed by atoms with van der Waals surface area (Å²) in [7, 11) is 1.65. The number of hydrogen-bond acceptors (Lipinski definition) is 3. The molecule has 4 rings (SSSR count). The molecule has 5 heteroatoms. The average Bonchev–Trinajstić information content (AvgIpc) is 3.54. The zero-order valence-corrected chi connectivity index (χ0v) is 18.3. The molecule has 1 aliphatic carbocycles. The predicted octanol–water partition coefficient (Wildman–Crippen LogP) is 4.11. The summed E-state index contributed by atoms with van der Waals surface area (Å²) in [5, 5.41) is 3.20. The molecule has 0 bridgehead atoms. The molecule has 1 N–H and O–H groups in total. The highest BCUT2D eigenvalue weighted by atomic mass is 16.5. The van der Waals surface area contributed by atoms with Crippen molar-refractivity contribution in [3.8, 4) is 5.75 Å². The molecule has 164 valence electrons. The first-order valence-corrected chi connectivity index (χ1v) is 11.3. The zero-order chi connectivity index (χ0) is 21.7. The fourth-order valence-electron chi connectivity index (χ4n) is 4.49. The number of amides is 2. The molecule has 1 saturated carbocycles. The molecule has 1 atom stereocenters. The van der Waals surface area contributed by atoms with E-state index in [1.165, 1.54) is 18.4 Å². The van der Waals surface area contributed by atoms with Gasteiger partial charge in [-0.1, -0.05) is 42.5 Å². The molecule has 2 aromatic rings. The van der Waals surface area contributed by atoms with Gasteiger partial charge in [-0.2, -0.15) is 0 Å². The summed E-state index contributed by atoms with van der Waals surface area (Å²) in [6.45, 7) is 1.50. The van der Waals surface area contributed by atoms with Gasteiger partial charge in [0.2, 0.25) is 11.8 Å². The molecule has 2 aliphatic rings. The first-order valence-electron chi connectivity index (χ1n) is 11.3. The highest BCUT2D eigenvalue weighted by molar-refractivity contribution is 5.80. The van der Waals surface area contributed by atoms with E-state index < -0.39 is 0 Å². The first-order chi connectivity index (χ1) is 15.0. The maximum absolute atomic E-state index is 13.2. The van der Waals surface area contributed by atoms with Crippen LogP contribution in [0.1, 0.15) is 49.7 Å². The fraction of sp³-hybridized carbons (Fsp3) is 0.462. The quantitative estimate of drug-likeness (QED) is 0.629. The Morgan fingerprint density at radius 3 is 2.45 bits per heavy atom. The van der Waals surface area contributed by atoms with Crippen LogP contribution in [-0.2, 0) is 22.6 Å². The number of benzene rings is 2. The van der Waals surface area contributed by atoms with E-state index in [1.54, 1.807) is 7.11 Å². The molecule has 5 nitrogen and oxygen atoms in total. The monoisotopic (exact) mass is 420 g/mol. The van der Waals surface area contributed by atoms with E-state index in [0.29, 0.717) is 31.7 Å². The Morgan fingerprint density at radius 2 is 1.84 bits per heavy atom. The minimum Gasteiger partial charge on any atom is -0.497 e. The highest BCUT2D eigenvalue weighted by Gasteiger charge is 2.38. The normalized spacial score (nSPS) is 20.4. The molecule has 2 amide bonds. The van der Waals surface area contributed by atoms with E-state index in [-0.39, 0.29) is 17.4 Å². The number of ether oxygens (including phenoxy) is 1. The van der Waals surface area contributed by atoms with Gasteiger partial charge in [0, 0.05) is 31.5 Å². The third-order valence-corrected chi connectivity index (χ3v) is 6.50. The van der Waals surface area contributed by atoms with Crippen molar-refractivity contribution in [2.24, 2.45) is 5.92 Å². The van der Waals surface area contributed by atoms with Crippen LogP contribution in [0.15, 0.2) is 54.6 Å². The van der Waals surface area contributed by atoms with Gasteiger partial charge in [0.25, 0.3) is 0 Å². The Kier molecular flexibility index (Phi) is 6.59. The number of carbonyl (C=O) groups excluding carboxylic acids is 2. The average molecular weight is 421 g/mol. The van der Waals surface area contributed by atoms with Crippen LogP contribution in [0.3, 0.4) is 0 Å². The van der Waals surface area contributed by atoms with Crippen molar-refractivity contribution < 1.29 is 14.3 Å². The molecule has 1 saturated heterocycles. The molecule has 31 heavy (non-hydrogen) atoms. The summed E-state index contributed by atoms with van der Waals surface area (Å²) in [5.41, 5.74) is 1.97. The summed E-state index contributed by atoms with van der Waals surface area (Å²) in [4.78, 5) is 27.3. The van der Waals surface area contributed by atoms with Gasteiger partial charge >= 0.3 is 0 Å². The van der Waals surface area contributed by atoms with Crippen LogP contribution in [0.25, 0.3) is 0 Å². The van der Waals surface area contributed by atoms with Crippen molar-refractivity contribution in [1.82, 2.24) is 10.2 Å². The lowest BCUT2D eigenvalue weighted by atomic mass is 9.85. The van der Waals surface area contributed by atoms with Gasteiger partial charge in [0.15, 0.2) is 0 Å². The summed E-state index contributed by atoms with van der Waals surface area (Å²) in [6, 6.07) is 18.2. The Bertz CT molecular complexity index is 893. The lowest BCUT2D eigenvalue weighted by Gasteiger charge is -2.31. The molecule has 1 aliphatic heterocycles. The summed E-state index contributed by atoms with van der Waals surface area (Å²) in [5.74, 6) is 1.73. The van der Waals surface area contributed by atoms with Crippen molar-refractivity contribution in [1.29, 1.82) is 0 Å². The van der Waals surface area contributed by atoms with Crippen LogP contribution in [0, 0.1) is 5.92 Å². The molecular weight excluding hydrogens is 388 g/mol. The van der Waals surface area contributed by atoms with Crippen molar-refractivity contribution in [3.63, 3.8) is 0 Å². The van der Waals surface area contributed by atoms with Gasteiger partial charge in [-0.15, -0.1) is 0 Å². The second-order valence-electron chi connectivity index (χ2n) is 9.06. The zero-order valence-electron chi connectivity index (χ0n) is 18.3. The minimum absolute atomic E-state index is 0.0834. The van der Waals surface area contributed by atoms with Crippen LogP contribution < -0.4 is 10.1 Å². The number of nitrogens with zero attached hydrogens (tertiary/aromatic N) is 1. The Hall–Kier alpha value is -2.82. The van der Waals surface area contributed by atoms with Gasteiger partial charge in [0.1, 0.15) is 5.75 Å². The SMILES string of the molecule is COc1ccc(C[C@]2(CCC(=O)N(Cc3ccccc3)CC3CC3)CCC(=O)N2)cc1. The second kappa shape index (κ2) is 9.54. The van der Waals surface area contributed by atoms with E-state index in [0.717, 1.165) is 30.7 Å². The lowest BCUT2D eigenvalue weighted by Crippen LogP contribution is -2.45. The van der Waals surface area contributed by atoms with E-state index in [4.69, 9.17) is 4.74 Å². The Balaban J connectivity index is 1.42. The molecule has 2 aromatic carbocycles. The van der Waals surface area contributed by atoms with E-state index in [2.05, 4.69) is 17.4 Å². The second-order valence-corrected chi connectivity index (χ2v) is 9.06. The lowest BCUT2D eigenvalue weighted by molar-refractivity contribution is -0.132. The molecular formula is C26H32N2O3. The Morgan fingerprint density at radius 1 is 1.10 bits per heavy atom. The van der Waals surface area contributed by atoms with E-state index in [1.807, 2.05) is 47.4 Å². The molecule has 0 radical (unpaired) electrons. The van der Waals surface area contributed by atoms with E-state index in [9.17, 15) is 9.59 Å². The minimum atomic E-state index is -0.348.